The number of phenols is 1. The van der Waals surface area contributed by atoms with E-state index in [0.717, 1.165) is 12.5 Å². The standard InChI is InChI=1S/C28H36BFN4O7/c1-5-7-33(3)11-17(35)32-16-10-15(30)13-8-12-9-14-21(34(4)6-2)24(38)20(27(31)40)25(29)28(14,41)26(39)18(12)23(37)19(13)22(16)36/h10,12,14,21,29,36,38-39,41H,5-9,11H2,1-4H3,(H2,31,40)(H,32,35)/t12-,14-,21-,28+/m0/s1. The number of nitrogens with zero attached hydrogens (tertiary/aromatic N) is 2. The van der Waals surface area contributed by atoms with Gasteiger partial charge in [0.1, 0.15) is 0 Å². The van der Waals surface area contributed by atoms with E-state index in [2.05, 4.69) is 12.8 Å². The van der Waals surface area contributed by atoms with Crippen LogP contribution in [0.25, 0.3) is 0 Å². The summed E-state index contributed by atoms with van der Waals surface area (Å²) in [6, 6.07) is -0.0173. The van der Waals surface area contributed by atoms with E-state index >= 15 is 4.39 Å². The van der Waals surface area contributed by atoms with Crippen LogP contribution in [0.3, 0.4) is 0 Å². The maximum atomic E-state index is 15.4. The van der Waals surface area contributed by atoms with E-state index in [1.54, 1.807) is 30.8 Å². The van der Waals surface area contributed by atoms with Crippen molar-refractivity contribution in [3.63, 3.8) is 0 Å². The fraction of sp³-hybridized carbons (Fsp3) is 0.500. The zero-order valence-electron chi connectivity index (χ0n) is 23.6. The van der Waals surface area contributed by atoms with Gasteiger partial charge in [0.2, 0.25) is 0 Å². The number of aliphatic hydroxyl groups is 3. The number of aromatic hydroxyl groups is 1. The van der Waals surface area contributed by atoms with Gasteiger partial charge in [-0.15, -0.1) is 0 Å². The fourth-order valence-corrected chi connectivity index (χ4v) is 6.54. The molecule has 41 heavy (non-hydrogen) atoms. The zero-order valence-corrected chi connectivity index (χ0v) is 23.6. The van der Waals surface area contributed by atoms with Crippen molar-refractivity contribution in [1.82, 2.24) is 9.80 Å². The molecule has 0 heterocycles. The molecule has 0 saturated heterocycles. The number of primary amides is 1. The first-order valence-electron chi connectivity index (χ1n) is 13.6. The first kappa shape index (κ1) is 30.4. The number of anilines is 1. The Balaban J connectivity index is 1.83. The molecule has 2 amide bonds. The van der Waals surface area contributed by atoms with Gasteiger partial charge in [0.25, 0.3) is 0 Å². The van der Waals surface area contributed by atoms with Crippen molar-refractivity contribution in [3.8, 4) is 5.75 Å². The number of hydrogen-bond donors (Lipinski definition) is 6. The summed E-state index contributed by atoms with van der Waals surface area (Å²) in [5.41, 5.74) is 1.27. The number of phenolic OH excluding ortho intramolecular Hbond substituents is 1. The molecular formula is C28H36BFN4O7. The number of ketones is 1. The van der Waals surface area contributed by atoms with Crippen LogP contribution in [0.15, 0.2) is 28.7 Å². The SMILES string of the molecule is B=C1C(C(N)=O)=C(O)[C@@H](N(C)CC)[C@@H]2C[C@@H]3Cc4c(F)cc(NC(=O)CN(C)CCC)c(O)c4C(=O)C3=C(O)[C@]12O. The van der Waals surface area contributed by atoms with Gasteiger partial charge in [-0.05, 0) is 20.0 Å². The first-order valence-corrected chi connectivity index (χ1v) is 13.6. The third-order valence-corrected chi connectivity index (χ3v) is 8.57. The summed E-state index contributed by atoms with van der Waals surface area (Å²) in [6.07, 6.45) is 0.706. The Morgan fingerprint density at radius 3 is 2.49 bits per heavy atom. The third-order valence-electron chi connectivity index (χ3n) is 8.57. The summed E-state index contributed by atoms with van der Waals surface area (Å²) in [5.74, 6) is -6.97. The number of aliphatic hydroxyl groups excluding tert-OH is 2. The number of benzene rings is 1. The Kier molecular flexibility index (Phi) is 8.18. The number of rotatable bonds is 8. The average Bonchev–Trinajstić information content (AvgIpc) is 2.88. The zero-order chi connectivity index (χ0) is 30.5. The number of likely N-dealkylation sites (N-methyl/N-ethyl adjacent to an activating group) is 2. The number of fused-ring (bicyclic) bond motifs is 3. The molecule has 4 rings (SSSR count). The third kappa shape index (κ3) is 4.75. The van der Waals surface area contributed by atoms with Gasteiger partial charge in [0.05, 0.1) is 0 Å². The average molecular weight is 570 g/mol. The number of halogens is 1. The molecule has 0 spiro atoms. The molecule has 4 atom stereocenters. The number of hydrogen-bond acceptors (Lipinski definition) is 9. The number of nitrogens with one attached hydrogen (secondary N) is 1. The molecule has 0 unspecified atom stereocenters. The van der Waals surface area contributed by atoms with E-state index < -0.39 is 75.3 Å². The number of Topliss-reactive ketones (excluding diaryl/α,β-unsaturated/α-hetero) is 1. The van der Waals surface area contributed by atoms with Crippen molar-refractivity contribution in [2.45, 2.75) is 44.8 Å². The molecule has 1 aromatic rings. The predicted octanol–water partition coefficient (Wildman–Crippen LogP) is 0.434. The van der Waals surface area contributed by atoms with Gasteiger partial charge in [-0.1, -0.05) is 6.92 Å². The Hall–Kier alpha value is -3.55. The van der Waals surface area contributed by atoms with Crippen LogP contribution in [-0.2, 0) is 16.0 Å². The van der Waals surface area contributed by atoms with Crippen LogP contribution >= 0.6 is 0 Å². The topological polar surface area (TPSA) is 177 Å². The van der Waals surface area contributed by atoms with Crippen LogP contribution in [0.1, 0.15) is 42.6 Å². The molecule has 220 valence electrons. The predicted molar refractivity (Wildman–Crippen MR) is 152 cm³/mol. The van der Waals surface area contributed by atoms with Gasteiger partial charge < -0.3 is 0 Å². The van der Waals surface area contributed by atoms with Gasteiger partial charge >= 0.3 is 211 Å². The molecule has 3 aliphatic rings. The molecule has 1 aromatic carbocycles. The van der Waals surface area contributed by atoms with Crippen molar-refractivity contribution in [2.75, 3.05) is 39.0 Å². The molecule has 13 heteroatoms. The number of carbonyl (C=O) groups is 3. The minimum atomic E-state index is -2.35. The summed E-state index contributed by atoms with van der Waals surface area (Å²) in [4.78, 5) is 42.1. The molecule has 0 aliphatic heterocycles. The first-order chi connectivity index (χ1) is 19.2. The normalized spacial score (nSPS) is 25.8. The number of allylic oxidation sites excluding steroid dienone is 1. The van der Waals surface area contributed by atoms with Crippen molar-refractivity contribution in [3.05, 3.63) is 45.7 Å². The molecule has 0 aromatic heterocycles. The second-order valence-corrected chi connectivity index (χ2v) is 11.1. The minimum absolute atomic E-state index is 0.00759. The number of amides is 2. The number of nitrogens with two attached hydrogens (primary N) is 1. The van der Waals surface area contributed by atoms with Gasteiger partial charge in [0, 0.05) is 0 Å². The van der Waals surface area contributed by atoms with Crippen LogP contribution < -0.4 is 11.1 Å². The quantitative estimate of drug-likeness (QED) is 0.191. The summed E-state index contributed by atoms with van der Waals surface area (Å²) in [5, 5.41) is 48.0. The van der Waals surface area contributed by atoms with Crippen molar-refractivity contribution in [2.24, 2.45) is 17.6 Å². The summed E-state index contributed by atoms with van der Waals surface area (Å²) in [6.45, 7) is 4.74. The van der Waals surface area contributed by atoms with Crippen molar-refractivity contribution < 1.29 is 39.2 Å². The summed E-state index contributed by atoms with van der Waals surface area (Å²) in [7, 11) is 7.15. The van der Waals surface area contributed by atoms with Gasteiger partial charge in [-0.25, -0.2) is 0 Å². The van der Waals surface area contributed by atoms with Crippen LogP contribution in [0.2, 0.25) is 0 Å². The van der Waals surface area contributed by atoms with E-state index in [4.69, 9.17) is 5.73 Å². The van der Waals surface area contributed by atoms with Crippen molar-refractivity contribution in [1.29, 1.82) is 0 Å². The van der Waals surface area contributed by atoms with Gasteiger partial charge in [-0.2, -0.15) is 0 Å². The van der Waals surface area contributed by atoms with Crippen LogP contribution in [-0.4, -0.2) is 106 Å². The van der Waals surface area contributed by atoms with Crippen LogP contribution in [0.5, 0.6) is 5.75 Å². The Morgan fingerprint density at radius 2 is 1.90 bits per heavy atom. The molecular weight excluding hydrogens is 534 g/mol. The van der Waals surface area contributed by atoms with Gasteiger partial charge in [-0.3, -0.25) is 0 Å². The molecule has 0 saturated carbocycles. The summed E-state index contributed by atoms with van der Waals surface area (Å²) < 4.78 is 15.4. The molecule has 11 nitrogen and oxygen atoms in total. The van der Waals surface area contributed by atoms with Crippen molar-refractivity contribution >= 4 is 36.2 Å². The fourth-order valence-electron chi connectivity index (χ4n) is 6.54. The number of carbonyl (C=O) groups excluding carboxylic acids is 3. The second kappa shape index (κ2) is 11.0. The maximum absolute atomic E-state index is 15.4. The van der Waals surface area contributed by atoms with Crippen LogP contribution in [0.4, 0.5) is 10.1 Å². The van der Waals surface area contributed by atoms with E-state index in [-0.39, 0.29) is 41.7 Å². The Morgan fingerprint density at radius 1 is 1.24 bits per heavy atom. The van der Waals surface area contributed by atoms with Gasteiger partial charge in [0.15, 0.2) is 0 Å². The van der Waals surface area contributed by atoms with E-state index in [0.29, 0.717) is 13.1 Å². The Bertz CT molecular complexity index is 1410. The second-order valence-electron chi connectivity index (χ2n) is 11.1. The summed E-state index contributed by atoms with van der Waals surface area (Å²) >= 11 is 0. The molecule has 0 radical (unpaired) electrons. The van der Waals surface area contributed by atoms with E-state index in [9.17, 15) is 34.8 Å². The molecule has 7 N–H and O–H groups in total. The Labute approximate surface area is 238 Å². The molecule has 3 aliphatic carbocycles. The molecule has 0 bridgehead atoms. The van der Waals surface area contributed by atoms with Crippen LogP contribution in [0, 0.1) is 17.7 Å². The van der Waals surface area contributed by atoms with E-state index in [1.807, 2.05) is 6.92 Å². The molecule has 0 fully saturated rings. The monoisotopic (exact) mass is 570 g/mol. The van der Waals surface area contributed by atoms with E-state index in [1.165, 1.54) is 0 Å².